The normalized spacial score (nSPS) is 33.4. The highest BCUT2D eigenvalue weighted by atomic mass is 16.4. The van der Waals surface area contributed by atoms with Crippen LogP contribution < -0.4 is 10.2 Å². The number of aliphatic carboxylic acids is 2. The van der Waals surface area contributed by atoms with E-state index in [1.807, 2.05) is 24.3 Å². The van der Waals surface area contributed by atoms with Crippen molar-refractivity contribution >= 4 is 11.9 Å². The monoisotopic (exact) mass is 230 g/mol. The third-order valence-electron chi connectivity index (χ3n) is 4.08. The van der Waals surface area contributed by atoms with E-state index < -0.39 is 23.8 Å². The molecular formula is C13H10O4-2. The maximum Gasteiger partial charge on any atom is 0.0451 e. The maximum absolute atomic E-state index is 11.0. The first-order valence-electron chi connectivity index (χ1n) is 5.62. The van der Waals surface area contributed by atoms with Gasteiger partial charge in [-0.05, 0) is 29.4 Å². The van der Waals surface area contributed by atoms with Gasteiger partial charge < -0.3 is 19.8 Å². The fraction of sp³-hybridized carbons (Fsp3) is 0.385. The van der Waals surface area contributed by atoms with Crippen LogP contribution in [0.2, 0.25) is 0 Å². The number of carboxylic acids is 2. The third-order valence-corrected chi connectivity index (χ3v) is 4.08. The van der Waals surface area contributed by atoms with Gasteiger partial charge in [-0.1, -0.05) is 24.3 Å². The van der Waals surface area contributed by atoms with Gasteiger partial charge >= 0.3 is 0 Å². The summed E-state index contributed by atoms with van der Waals surface area (Å²) in [4.78, 5) is 22.1. The van der Waals surface area contributed by atoms with Gasteiger partial charge in [-0.25, -0.2) is 0 Å². The lowest BCUT2D eigenvalue weighted by Crippen LogP contribution is -2.38. The summed E-state index contributed by atoms with van der Waals surface area (Å²) in [5.74, 6) is -4.12. The Morgan fingerprint density at radius 1 is 0.941 bits per heavy atom. The molecule has 0 saturated heterocycles. The highest BCUT2D eigenvalue weighted by molar-refractivity contribution is 5.78. The quantitative estimate of drug-likeness (QED) is 0.653. The van der Waals surface area contributed by atoms with Crippen molar-refractivity contribution in [3.63, 3.8) is 0 Å². The van der Waals surface area contributed by atoms with Crippen LogP contribution in [0.25, 0.3) is 0 Å². The molecule has 0 heterocycles. The lowest BCUT2D eigenvalue weighted by Gasteiger charge is -2.40. The molecule has 2 aliphatic carbocycles. The molecule has 0 radical (unpaired) electrons. The predicted molar refractivity (Wildman–Crippen MR) is 53.5 cm³/mol. The standard InChI is InChI=1S/C13H12O4/c14-12(15)8-5-9(13(16)17)11-7-4-2-1-3-6(7)10(8)11/h1-4,8-11H,5H2,(H,14,15)(H,16,17)/p-2/t8-,9+,10+,11-. The summed E-state index contributed by atoms with van der Waals surface area (Å²) in [7, 11) is 0. The van der Waals surface area contributed by atoms with Gasteiger partial charge in [-0.3, -0.25) is 0 Å². The zero-order valence-corrected chi connectivity index (χ0v) is 8.96. The van der Waals surface area contributed by atoms with Crippen LogP contribution in [0.4, 0.5) is 0 Å². The summed E-state index contributed by atoms with van der Waals surface area (Å²) in [5, 5.41) is 22.1. The number of rotatable bonds is 2. The summed E-state index contributed by atoms with van der Waals surface area (Å²) in [6.07, 6.45) is 0.120. The number of carbonyl (C=O) groups is 2. The van der Waals surface area contributed by atoms with E-state index in [0.717, 1.165) is 11.1 Å². The highest BCUT2D eigenvalue weighted by Gasteiger charge is 2.52. The lowest BCUT2D eigenvalue weighted by molar-refractivity contribution is -0.313. The Kier molecular flexibility index (Phi) is 2.02. The fourth-order valence-corrected chi connectivity index (χ4v) is 3.40. The Labute approximate surface area is 97.9 Å². The van der Waals surface area contributed by atoms with Gasteiger partial charge in [-0.15, -0.1) is 0 Å². The number of fused-ring (bicyclic) bond motifs is 4. The van der Waals surface area contributed by atoms with E-state index >= 15 is 0 Å². The third kappa shape index (κ3) is 1.24. The highest BCUT2D eigenvalue weighted by Crippen LogP contribution is 2.61. The molecule has 4 heteroatoms. The molecule has 0 aromatic heterocycles. The molecule has 1 aromatic carbocycles. The van der Waals surface area contributed by atoms with Gasteiger partial charge in [0.05, 0.1) is 0 Å². The summed E-state index contributed by atoms with van der Waals surface area (Å²) in [6, 6.07) is 7.41. The molecule has 3 rings (SSSR count). The molecule has 0 amide bonds. The molecule has 4 atom stereocenters. The van der Waals surface area contributed by atoms with E-state index in [1.165, 1.54) is 0 Å². The van der Waals surface area contributed by atoms with E-state index in [2.05, 4.69) is 0 Å². The number of carboxylic acid groups (broad SMARTS) is 2. The zero-order chi connectivity index (χ0) is 12.2. The predicted octanol–water partition coefficient (Wildman–Crippen LogP) is -0.997. The van der Waals surface area contributed by atoms with Crippen molar-refractivity contribution in [2.24, 2.45) is 11.8 Å². The van der Waals surface area contributed by atoms with Gasteiger partial charge in [0.1, 0.15) is 0 Å². The Balaban J connectivity index is 2.05. The number of hydrogen-bond donors (Lipinski definition) is 0. The molecule has 0 bridgehead atoms. The SMILES string of the molecule is O=C([O-])[C@H]1C[C@@H](C(=O)[O-])[C@@H]2c3ccccc3[C@@H]21. The van der Waals surface area contributed by atoms with Gasteiger partial charge in [-0.2, -0.15) is 0 Å². The zero-order valence-electron chi connectivity index (χ0n) is 8.96. The minimum atomic E-state index is -1.15. The molecule has 1 aromatic rings. The largest absolute Gasteiger partial charge is 0.550 e. The molecule has 88 valence electrons. The number of benzene rings is 1. The molecular weight excluding hydrogens is 220 g/mol. The van der Waals surface area contributed by atoms with Crippen molar-refractivity contribution in [2.75, 3.05) is 0 Å². The fourth-order valence-electron chi connectivity index (χ4n) is 3.40. The maximum atomic E-state index is 11.0. The summed E-state index contributed by atoms with van der Waals surface area (Å²) >= 11 is 0. The van der Waals surface area contributed by atoms with Gasteiger partial charge in [0.2, 0.25) is 0 Å². The van der Waals surface area contributed by atoms with Crippen LogP contribution in [0.5, 0.6) is 0 Å². The van der Waals surface area contributed by atoms with E-state index in [0.29, 0.717) is 0 Å². The van der Waals surface area contributed by atoms with Crippen LogP contribution in [0.15, 0.2) is 24.3 Å². The average molecular weight is 230 g/mol. The van der Waals surface area contributed by atoms with Crippen LogP contribution >= 0.6 is 0 Å². The van der Waals surface area contributed by atoms with E-state index in [-0.39, 0.29) is 18.3 Å². The molecule has 0 aliphatic heterocycles. The molecule has 1 fully saturated rings. The first-order valence-corrected chi connectivity index (χ1v) is 5.62. The Morgan fingerprint density at radius 2 is 1.35 bits per heavy atom. The van der Waals surface area contributed by atoms with Crippen molar-refractivity contribution in [3.8, 4) is 0 Å². The summed E-state index contributed by atoms with van der Waals surface area (Å²) in [6.45, 7) is 0. The van der Waals surface area contributed by atoms with Crippen LogP contribution in [-0.2, 0) is 9.59 Å². The Hall–Kier alpha value is -1.84. The van der Waals surface area contributed by atoms with Crippen molar-refractivity contribution in [3.05, 3.63) is 35.4 Å². The minimum Gasteiger partial charge on any atom is -0.550 e. The van der Waals surface area contributed by atoms with E-state index in [4.69, 9.17) is 0 Å². The molecule has 4 nitrogen and oxygen atoms in total. The van der Waals surface area contributed by atoms with Gasteiger partial charge in [0, 0.05) is 23.8 Å². The van der Waals surface area contributed by atoms with Crippen molar-refractivity contribution in [2.45, 2.75) is 18.3 Å². The van der Waals surface area contributed by atoms with Gasteiger partial charge in [0.15, 0.2) is 0 Å². The molecule has 1 saturated carbocycles. The minimum absolute atomic E-state index is 0.120. The second-order valence-corrected chi connectivity index (χ2v) is 4.77. The first-order chi connectivity index (χ1) is 8.11. The topological polar surface area (TPSA) is 80.3 Å². The molecule has 0 spiro atoms. The summed E-state index contributed by atoms with van der Waals surface area (Å²) in [5.41, 5.74) is 1.91. The number of carbonyl (C=O) groups excluding carboxylic acids is 2. The molecule has 0 N–H and O–H groups in total. The lowest BCUT2D eigenvalue weighted by atomic mass is 9.65. The van der Waals surface area contributed by atoms with Crippen molar-refractivity contribution in [1.82, 2.24) is 0 Å². The second-order valence-electron chi connectivity index (χ2n) is 4.77. The molecule has 17 heavy (non-hydrogen) atoms. The van der Waals surface area contributed by atoms with Crippen LogP contribution in [0, 0.1) is 11.8 Å². The Morgan fingerprint density at radius 3 is 1.71 bits per heavy atom. The van der Waals surface area contributed by atoms with E-state index in [9.17, 15) is 19.8 Å². The molecule has 0 unspecified atom stereocenters. The average Bonchev–Trinajstić information content (AvgIpc) is 2.61. The Bertz CT molecular complexity index is 463. The van der Waals surface area contributed by atoms with Crippen molar-refractivity contribution in [1.29, 1.82) is 0 Å². The van der Waals surface area contributed by atoms with Crippen molar-refractivity contribution < 1.29 is 19.8 Å². The smallest absolute Gasteiger partial charge is 0.0451 e. The van der Waals surface area contributed by atoms with Crippen LogP contribution in [0.3, 0.4) is 0 Å². The first kappa shape index (κ1) is 10.3. The second kappa shape index (κ2) is 3.32. The molecule has 2 aliphatic rings. The van der Waals surface area contributed by atoms with Gasteiger partial charge in [0.25, 0.3) is 0 Å². The van der Waals surface area contributed by atoms with Crippen LogP contribution in [-0.4, -0.2) is 11.9 Å². The van der Waals surface area contributed by atoms with Crippen LogP contribution in [0.1, 0.15) is 29.4 Å². The van der Waals surface area contributed by atoms with E-state index in [1.54, 1.807) is 0 Å². The summed E-state index contributed by atoms with van der Waals surface area (Å²) < 4.78 is 0. The number of hydrogen-bond acceptors (Lipinski definition) is 4.